The van der Waals surface area contributed by atoms with Crippen LogP contribution in [0.4, 0.5) is 5.95 Å². The fourth-order valence-corrected chi connectivity index (χ4v) is 1.90. The summed E-state index contributed by atoms with van der Waals surface area (Å²) in [5.74, 6) is -0.670. The zero-order valence-corrected chi connectivity index (χ0v) is 11.1. The van der Waals surface area contributed by atoms with Gasteiger partial charge in [0, 0.05) is 20.1 Å². The molecule has 20 heavy (non-hydrogen) atoms. The van der Waals surface area contributed by atoms with Gasteiger partial charge in [0.1, 0.15) is 0 Å². The normalized spacial score (nSPS) is 10.9. The molecule has 9 nitrogen and oxygen atoms in total. The number of aryl methyl sites for hydroxylation is 1. The van der Waals surface area contributed by atoms with E-state index in [2.05, 4.69) is 15.3 Å². The van der Waals surface area contributed by atoms with Crippen LogP contribution in [0.5, 0.6) is 0 Å². The van der Waals surface area contributed by atoms with Crippen LogP contribution in [-0.4, -0.2) is 36.7 Å². The fourth-order valence-electron chi connectivity index (χ4n) is 1.90. The number of imidazole rings is 1. The number of fused-ring (bicyclic) bond motifs is 1. The second-order valence-electron chi connectivity index (χ2n) is 4.25. The Balaban J connectivity index is 2.46. The first-order valence-electron chi connectivity index (χ1n) is 6.11. The van der Waals surface area contributed by atoms with Gasteiger partial charge in [-0.05, 0) is 6.92 Å². The molecule has 0 radical (unpaired) electrons. The molecule has 2 aromatic rings. The highest BCUT2D eigenvalue weighted by Crippen LogP contribution is 2.08. The van der Waals surface area contributed by atoms with Gasteiger partial charge in [-0.2, -0.15) is 4.98 Å². The Kier molecular flexibility index (Phi) is 3.59. The highest BCUT2D eigenvalue weighted by Gasteiger charge is 2.14. The zero-order chi connectivity index (χ0) is 14.9. The van der Waals surface area contributed by atoms with Crippen LogP contribution in [0.15, 0.2) is 9.59 Å². The largest absolute Gasteiger partial charge is 0.481 e. The van der Waals surface area contributed by atoms with E-state index in [9.17, 15) is 14.4 Å². The van der Waals surface area contributed by atoms with E-state index in [1.807, 2.05) is 0 Å². The van der Waals surface area contributed by atoms with Gasteiger partial charge in [-0.25, -0.2) is 4.79 Å². The van der Waals surface area contributed by atoms with Gasteiger partial charge in [0.25, 0.3) is 5.56 Å². The van der Waals surface area contributed by atoms with Gasteiger partial charge < -0.3 is 15.4 Å². The lowest BCUT2D eigenvalue weighted by molar-refractivity contribution is -0.136. The molecule has 3 N–H and O–H groups in total. The highest BCUT2D eigenvalue weighted by atomic mass is 16.4. The van der Waals surface area contributed by atoms with E-state index in [0.29, 0.717) is 0 Å². The second kappa shape index (κ2) is 5.19. The second-order valence-corrected chi connectivity index (χ2v) is 4.25. The number of H-pyrrole nitrogens is 1. The molecular formula is C11H15N5O4. The van der Waals surface area contributed by atoms with Crippen molar-refractivity contribution in [2.75, 3.05) is 11.9 Å². The first-order valence-corrected chi connectivity index (χ1v) is 6.11. The van der Waals surface area contributed by atoms with E-state index < -0.39 is 17.2 Å². The van der Waals surface area contributed by atoms with E-state index in [0.717, 1.165) is 4.57 Å². The van der Waals surface area contributed by atoms with Crippen molar-refractivity contribution in [3.8, 4) is 0 Å². The molecule has 0 spiro atoms. The molecule has 2 heterocycles. The number of nitrogens with zero attached hydrogens (tertiary/aromatic N) is 3. The van der Waals surface area contributed by atoms with Crippen LogP contribution in [-0.2, 0) is 18.4 Å². The number of hydrogen-bond donors (Lipinski definition) is 3. The van der Waals surface area contributed by atoms with E-state index in [-0.39, 0.29) is 36.6 Å². The summed E-state index contributed by atoms with van der Waals surface area (Å²) in [6.45, 7) is 2.14. The Hall–Kier alpha value is -2.58. The molecule has 0 amide bonds. The van der Waals surface area contributed by atoms with Crippen molar-refractivity contribution in [1.29, 1.82) is 0 Å². The molecule has 0 saturated carbocycles. The Bertz CT molecular complexity index is 769. The maximum absolute atomic E-state index is 12.1. The molecule has 0 fully saturated rings. The van der Waals surface area contributed by atoms with Crippen LogP contribution in [0, 0.1) is 0 Å². The topological polar surface area (TPSA) is 122 Å². The summed E-state index contributed by atoms with van der Waals surface area (Å²) in [4.78, 5) is 41.3. The first kappa shape index (κ1) is 13.8. The molecule has 2 aromatic heterocycles. The Labute approximate surface area is 112 Å². The van der Waals surface area contributed by atoms with Crippen LogP contribution in [0.3, 0.4) is 0 Å². The molecular weight excluding hydrogens is 266 g/mol. The van der Waals surface area contributed by atoms with Crippen LogP contribution < -0.4 is 16.6 Å². The number of anilines is 1. The maximum atomic E-state index is 12.1. The van der Waals surface area contributed by atoms with E-state index in [1.54, 1.807) is 6.92 Å². The number of carboxylic acid groups (broad SMARTS) is 1. The average molecular weight is 281 g/mol. The minimum atomic E-state index is -0.936. The van der Waals surface area contributed by atoms with E-state index in [4.69, 9.17) is 5.11 Å². The molecule has 0 aliphatic heterocycles. The maximum Gasteiger partial charge on any atom is 0.332 e. The number of hydrogen-bond acceptors (Lipinski definition) is 5. The van der Waals surface area contributed by atoms with Gasteiger partial charge in [-0.1, -0.05) is 0 Å². The third kappa shape index (κ3) is 2.29. The van der Waals surface area contributed by atoms with Gasteiger partial charge in [0.2, 0.25) is 5.95 Å². The van der Waals surface area contributed by atoms with Gasteiger partial charge in [-0.15, -0.1) is 0 Å². The summed E-state index contributed by atoms with van der Waals surface area (Å²) in [5, 5.41) is 11.3. The number of carbonyl (C=O) groups is 1. The Morgan fingerprint density at radius 1 is 1.45 bits per heavy atom. The number of nitrogens with one attached hydrogen (secondary N) is 2. The molecule has 9 heteroatoms. The van der Waals surface area contributed by atoms with Gasteiger partial charge in [0.15, 0.2) is 11.2 Å². The summed E-state index contributed by atoms with van der Waals surface area (Å²) in [6, 6.07) is 0. The molecule has 0 unspecified atom stereocenters. The van der Waals surface area contributed by atoms with Crippen LogP contribution in [0.1, 0.15) is 13.3 Å². The lowest BCUT2D eigenvalue weighted by Crippen LogP contribution is -2.38. The van der Waals surface area contributed by atoms with Crippen molar-refractivity contribution in [3.63, 3.8) is 0 Å². The molecule has 2 rings (SSSR count). The first-order chi connectivity index (χ1) is 9.45. The molecule has 0 aromatic carbocycles. The minimum absolute atomic E-state index is 0.0742. The number of rotatable bonds is 5. The quantitative estimate of drug-likeness (QED) is 0.668. The number of aliphatic carboxylic acids is 1. The van der Waals surface area contributed by atoms with Crippen molar-refractivity contribution >= 4 is 23.1 Å². The summed E-state index contributed by atoms with van der Waals surface area (Å²) < 4.78 is 2.38. The summed E-state index contributed by atoms with van der Waals surface area (Å²) in [6.07, 6.45) is -0.0742. The number of carboxylic acids is 1. The third-order valence-corrected chi connectivity index (χ3v) is 2.93. The summed E-state index contributed by atoms with van der Waals surface area (Å²) >= 11 is 0. The molecule has 0 bridgehead atoms. The van der Waals surface area contributed by atoms with Crippen LogP contribution in [0.25, 0.3) is 11.2 Å². The molecule has 0 aliphatic carbocycles. The fraction of sp³-hybridized carbons (Fsp3) is 0.455. The monoisotopic (exact) mass is 281 g/mol. The molecule has 108 valence electrons. The average Bonchev–Trinajstić information content (AvgIpc) is 2.81. The van der Waals surface area contributed by atoms with Crippen LogP contribution >= 0.6 is 0 Å². The zero-order valence-electron chi connectivity index (χ0n) is 11.1. The van der Waals surface area contributed by atoms with Crippen molar-refractivity contribution in [3.05, 3.63) is 20.8 Å². The smallest absolute Gasteiger partial charge is 0.332 e. The molecule has 0 atom stereocenters. The van der Waals surface area contributed by atoms with Crippen LogP contribution in [0.2, 0.25) is 0 Å². The van der Waals surface area contributed by atoms with Crippen molar-refractivity contribution in [2.45, 2.75) is 19.9 Å². The third-order valence-electron chi connectivity index (χ3n) is 2.93. The van der Waals surface area contributed by atoms with Crippen molar-refractivity contribution in [1.82, 2.24) is 19.1 Å². The molecule has 0 saturated heterocycles. The molecule has 0 aliphatic rings. The van der Waals surface area contributed by atoms with E-state index >= 15 is 0 Å². The van der Waals surface area contributed by atoms with E-state index in [1.165, 1.54) is 11.6 Å². The number of aromatic nitrogens is 4. The number of aromatic amines is 1. The summed E-state index contributed by atoms with van der Waals surface area (Å²) in [5.41, 5.74) is -0.424. The summed E-state index contributed by atoms with van der Waals surface area (Å²) in [7, 11) is 1.53. The minimum Gasteiger partial charge on any atom is -0.481 e. The Morgan fingerprint density at radius 2 is 2.15 bits per heavy atom. The lowest BCUT2D eigenvalue weighted by Gasteiger charge is -2.03. The predicted octanol–water partition coefficient (Wildman–Crippen LogP) is -0.670. The Morgan fingerprint density at radius 3 is 2.75 bits per heavy atom. The van der Waals surface area contributed by atoms with Gasteiger partial charge >= 0.3 is 11.7 Å². The standard InChI is InChI=1S/C11H15N5O4/c1-3-16-9(19)7-8(15(2)11(16)20)14-10(13-7)12-5-4-6(17)18/h3-5H2,1-2H3,(H,17,18)(H2,12,13,14). The highest BCUT2D eigenvalue weighted by molar-refractivity contribution is 5.73. The van der Waals surface area contributed by atoms with Gasteiger partial charge in [-0.3, -0.25) is 18.7 Å². The van der Waals surface area contributed by atoms with Gasteiger partial charge in [0.05, 0.1) is 6.42 Å². The predicted molar refractivity (Wildman–Crippen MR) is 72.0 cm³/mol. The van der Waals surface area contributed by atoms with Crippen molar-refractivity contribution < 1.29 is 9.90 Å². The SMILES string of the molecule is CCn1c(=O)c2[nH]c(NCCC(=O)O)nc2n(C)c1=O. The van der Waals surface area contributed by atoms with Crippen molar-refractivity contribution in [2.24, 2.45) is 7.05 Å². The lowest BCUT2D eigenvalue weighted by atomic mass is 10.4.